The molecule has 0 aromatic heterocycles. The van der Waals surface area contributed by atoms with Crippen LogP contribution in [0, 0.1) is 0 Å². The number of amides is 2. The first-order valence-corrected chi connectivity index (χ1v) is 9.34. The van der Waals surface area contributed by atoms with Gasteiger partial charge in [-0.25, -0.2) is 0 Å². The molecule has 2 amide bonds. The van der Waals surface area contributed by atoms with Crippen LogP contribution in [0.5, 0.6) is 5.75 Å². The highest BCUT2D eigenvalue weighted by Crippen LogP contribution is 2.30. The molecule has 3 aromatic carbocycles. The molecule has 8 nitrogen and oxygen atoms in total. The number of hydrogen-bond donors (Lipinski definition) is 5. The fourth-order valence-electron chi connectivity index (χ4n) is 3.07. The highest BCUT2D eigenvalue weighted by molar-refractivity contribution is 6.04. The number of benzene rings is 3. The minimum absolute atomic E-state index is 0.00721. The number of ether oxygens (including phenoxy) is 1. The monoisotopic (exact) mass is 403 g/mol. The standard InChI is InChI=1S/C22H21N5O3/c23-17-6-4-16(9-18(17)24)26-22(29)14-3-1-2-13(8-14)11-25-15-5-7-19-20(10-15)30-12-21(28)27-19/h1-10,25H,11-12,23-24H2,(H,26,29)(H,27,28). The Morgan fingerprint density at radius 2 is 1.83 bits per heavy atom. The number of nitrogen functional groups attached to an aromatic ring is 2. The van der Waals surface area contributed by atoms with Crippen molar-refractivity contribution in [3.05, 3.63) is 71.8 Å². The molecule has 4 rings (SSSR count). The lowest BCUT2D eigenvalue weighted by atomic mass is 10.1. The van der Waals surface area contributed by atoms with Crippen LogP contribution in [0.15, 0.2) is 60.7 Å². The average molecular weight is 403 g/mol. The van der Waals surface area contributed by atoms with E-state index in [1.165, 1.54) is 0 Å². The maximum absolute atomic E-state index is 12.6. The fourth-order valence-corrected chi connectivity index (χ4v) is 3.07. The van der Waals surface area contributed by atoms with Crippen LogP contribution in [-0.4, -0.2) is 18.4 Å². The lowest BCUT2D eigenvalue weighted by molar-refractivity contribution is -0.118. The molecule has 0 aliphatic carbocycles. The number of rotatable bonds is 5. The van der Waals surface area contributed by atoms with Gasteiger partial charge in [-0.2, -0.15) is 0 Å². The molecule has 152 valence electrons. The number of carbonyl (C=O) groups excluding carboxylic acids is 2. The molecule has 0 bridgehead atoms. The van der Waals surface area contributed by atoms with Crippen molar-refractivity contribution in [2.75, 3.05) is 34.0 Å². The third-order valence-corrected chi connectivity index (χ3v) is 4.64. The second-order valence-electron chi connectivity index (χ2n) is 6.90. The van der Waals surface area contributed by atoms with Gasteiger partial charge in [0.1, 0.15) is 5.75 Å². The number of anilines is 5. The van der Waals surface area contributed by atoms with E-state index < -0.39 is 0 Å². The highest BCUT2D eigenvalue weighted by Gasteiger charge is 2.16. The summed E-state index contributed by atoms with van der Waals surface area (Å²) in [5, 5.41) is 8.87. The summed E-state index contributed by atoms with van der Waals surface area (Å²) < 4.78 is 5.43. The van der Waals surface area contributed by atoms with E-state index in [2.05, 4.69) is 16.0 Å². The van der Waals surface area contributed by atoms with Gasteiger partial charge in [-0.05, 0) is 48.0 Å². The third-order valence-electron chi connectivity index (χ3n) is 4.64. The Kier molecular flexibility index (Phi) is 5.13. The van der Waals surface area contributed by atoms with Crippen LogP contribution in [0.1, 0.15) is 15.9 Å². The molecule has 0 unspecified atom stereocenters. The van der Waals surface area contributed by atoms with Crippen LogP contribution in [0.4, 0.5) is 28.4 Å². The van der Waals surface area contributed by atoms with Crippen molar-refractivity contribution < 1.29 is 14.3 Å². The molecule has 7 N–H and O–H groups in total. The second kappa shape index (κ2) is 8.04. The number of hydrogen-bond acceptors (Lipinski definition) is 6. The molecule has 0 saturated carbocycles. The Hall–Kier alpha value is -4.20. The summed E-state index contributed by atoms with van der Waals surface area (Å²) in [6.07, 6.45) is 0. The maximum Gasteiger partial charge on any atom is 0.262 e. The van der Waals surface area contributed by atoms with Gasteiger partial charge >= 0.3 is 0 Å². The number of carbonyl (C=O) groups is 2. The topological polar surface area (TPSA) is 132 Å². The molecule has 0 atom stereocenters. The van der Waals surface area contributed by atoms with E-state index in [1.807, 2.05) is 30.3 Å². The van der Waals surface area contributed by atoms with Gasteiger partial charge in [0.2, 0.25) is 0 Å². The normalized spacial score (nSPS) is 12.3. The van der Waals surface area contributed by atoms with Crippen LogP contribution in [0.25, 0.3) is 0 Å². The summed E-state index contributed by atoms with van der Waals surface area (Å²) in [4.78, 5) is 23.9. The average Bonchev–Trinajstić information content (AvgIpc) is 2.75. The molecule has 0 fully saturated rings. The van der Waals surface area contributed by atoms with E-state index in [0.29, 0.717) is 40.6 Å². The lowest BCUT2D eigenvalue weighted by Crippen LogP contribution is -2.25. The molecular weight excluding hydrogens is 382 g/mol. The quantitative estimate of drug-likeness (QED) is 0.416. The van der Waals surface area contributed by atoms with E-state index in [1.54, 1.807) is 30.3 Å². The Bertz CT molecular complexity index is 1130. The predicted molar refractivity (Wildman–Crippen MR) is 118 cm³/mol. The van der Waals surface area contributed by atoms with Crippen molar-refractivity contribution in [2.24, 2.45) is 0 Å². The predicted octanol–water partition coefficient (Wildman–Crippen LogP) is 3.05. The zero-order chi connectivity index (χ0) is 21.1. The molecular formula is C22H21N5O3. The summed E-state index contributed by atoms with van der Waals surface area (Å²) in [6, 6.07) is 17.8. The summed E-state index contributed by atoms with van der Waals surface area (Å²) in [5.41, 5.74) is 15.9. The van der Waals surface area contributed by atoms with Gasteiger partial charge in [0.15, 0.2) is 6.61 Å². The van der Waals surface area contributed by atoms with E-state index in [9.17, 15) is 9.59 Å². The first kappa shape index (κ1) is 19.1. The van der Waals surface area contributed by atoms with Crippen molar-refractivity contribution >= 4 is 40.3 Å². The van der Waals surface area contributed by atoms with Crippen molar-refractivity contribution in [1.82, 2.24) is 0 Å². The Morgan fingerprint density at radius 1 is 1.00 bits per heavy atom. The lowest BCUT2D eigenvalue weighted by Gasteiger charge is -2.19. The molecule has 0 spiro atoms. The summed E-state index contributed by atoms with van der Waals surface area (Å²) in [5.74, 6) is 0.217. The fraction of sp³-hybridized carbons (Fsp3) is 0.0909. The van der Waals surface area contributed by atoms with E-state index >= 15 is 0 Å². The van der Waals surface area contributed by atoms with Gasteiger partial charge in [0.25, 0.3) is 11.8 Å². The van der Waals surface area contributed by atoms with Crippen LogP contribution in [0.3, 0.4) is 0 Å². The van der Waals surface area contributed by atoms with Gasteiger partial charge in [-0.15, -0.1) is 0 Å². The molecule has 8 heteroatoms. The molecule has 1 heterocycles. The number of nitrogens with one attached hydrogen (secondary N) is 3. The van der Waals surface area contributed by atoms with Gasteiger partial charge in [-0.1, -0.05) is 12.1 Å². The van der Waals surface area contributed by atoms with Crippen LogP contribution >= 0.6 is 0 Å². The Morgan fingerprint density at radius 3 is 2.67 bits per heavy atom. The molecule has 0 saturated heterocycles. The van der Waals surface area contributed by atoms with Crippen molar-refractivity contribution in [3.63, 3.8) is 0 Å². The highest BCUT2D eigenvalue weighted by atomic mass is 16.5. The van der Waals surface area contributed by atoms with E-state index in [-0.39, 0.29) is 18.4 Å². The van der Waals surface area contributed by atoms with Crippen LogP contribution < -0.4 is 32.2 Å². The van der Waals surface area contributed by atoms with Crippen LogP contribution in [-0.2, 0) is 11.3 Å². The molecule has 3 aromatic rings. The molecule has 30 heavy (non-hydrogen) atoms. The second-order valence-corrected chi connectivity index (χ2v) is 6.90. The minimum atomic E-state index is -0.237. The van der Waals surface area contributed by atoms with Crippen molar-refractivity contribution in [1.29, 1.82) is 0 Å². The molecule has 1 aliphatic rings. The molecule has 0 radical (unpaired) electrons. The third kappa shape index (κ3) is 4.27. The van der Waals surface area contributed by atoms with E-state index in [0.717, 1.165) is 11.3 Å². The first-order valence-electron chi connectivity index (χ1n) is 9.34. The van der Waals surface area contributed by atoms with E-state index in [4.69, 9.17) is 16.2 Å². The maximum atomic E-state index is 12.6. The largest absolute Gasteiger partial charge is 0.482 e. The van der Waals surface area contributed by atoms with Crippen LogP contribution in [0.2, 0.25) is 0 Å². The summed E-state index contributed by atoms with van der Waals surface area (Å²) >= 11 is 0. The van der Waals surface area contributed by atoms with Crippen molar-refractivity contribution in [2.45, 2.75) is 6.54 Å². The first-order chi connectivity index (χ1) is 14.5. The Labute approximate surface area is 173 Å². The number of nitrogens with two attached hydrogens (primary N) is 2. The van der Waals surface area contributed by atoms with Gasteiger partial charge in [-0.3, -0.25) is 9.59 Å². The molecule has 1 aliphatic heterocycles. The van der Waals surface area contributed by atoms with Gasteiger partial charge < -0.3 is 32.2 Å². The zero-order valence-corrected chi connectivity index (χ0v) is 16.1. The zero-order valence-electron chi connectivity index (χ0n) is 16.1. The minimum Gasteiger partial charge on any atom is -0.482 e. The smallest absolute Gasteiger partial charge is 0.262 e. The van der Waals surface area contributed by atoms with Gasteiger partial charge in [0, 0.05) is 29.5 Å². The SMILES string of the molecule is Nc1ccc(NC(=O)c2cccc(CNc3ccc4c(c3)OCC(=O)N4)c2)cc1N. The van der Waals surface area contributed by atoms with Gasteiger partial charge in [0.05, 0.1) is 17.1 Å². The summed E-state index contributed by atoms with van der Waals surface area (Å²) in [7, 11) is 0. The Balaban J connectivity index is 1.41. The summed E-state index contributed by atoms with van der Waals surface area (Å²) in [6.45, 7) is 0.522. The van der Waals surface area contributed by atoms with Crippen molar-refractivity contribution in [3.8, 4) is 5.75 Å². The number of fused-ring (bicyclic) bond motifs is 1.